The zero-order valence-corrected chi connectivity index (χ0v) is 9.57. The van der Waals surface area contributed by atoms with Crippen molar-refractivity contribution in [3.63, 3.8) is 0 Å². The van der Waals surface area contributed by atoms with Gasteiger partial charge in [-0.2, -0.15) is 0 Å². The summed E-state index contributed by atoms with van der Waals surface area (Å²) in [7, 11) is 0. The summed E-state index contributed by atoms with van der Waals surface area (Å²) >= 11 is 0. The molecule has 94 valence electrons. The van der Waals surface area contributed by atoms with Gasteiger partial charge in [0.05, 0.1) is 6.20 Å². The lowest BCUT2D eigenvalue weighted by atomic mass is 10.2. The molecule has 0 aliphatic rings. The topological polar surface area (TPSA) is 71.5 Å². The van der Waals surface area contributed by atoms with Gasteiger partial charge in [-0.15, -0.1) is 0 Å². The Hall–Kier alpha value is -1.69. The van der Waals surface area contributed by atoms with Gasteiger partial charge in [-0.05, 0) is 19.4 Å². The number of anilines is 1. The summed E-state index contributed by atoms with van der Waals surface area (Å²) in [5.74, 6) is -1.69. The van der Waals surface area contributed by atoms with E-state index in [1.54, 1.807) is 0 Å². The number of aromatic nitrogens is 1. The number of carboxylic acid groups (broad SMARTS) is 1. The molecule has 0 aromatic carbocycles. The van der Waals surface area contributed by atoms with Crippen molar-refractivity contribution in [3.05, 3.63) is 23.6 Å². The van der Waals surface area contributed by atoms with Gasteiger partial charge < -0.3 is 15.2 Å². The molecular weight excluding hydrogens is 227 g/mol. The highest BCUT2D eigenvalue weighted by Gasteiger charge is 2.12. The van der Waals surface area contributed by atoms with Crippen LogP contribution in [0.1, 0.15) is 23.7 Å². The van der Waals surface area contributed by atoms with E-state index < -0.39 is 11.8 Å². The van der Waals surface area contributed by atoms with E-state index >= 15 is 0 Å². The summed E-state index contributed by atoms with van der Waals surface area (Å²) in [6.45, 7) is 3.67. The van der Waals surface area contributed by atoms with Crippen LogP contribution in [0, 0.1) is 5.82 Å². The lowest BCUT2D eigenvalue weighted by Crippen LogP contribution is -2.11. The highest BCUT2D eigenvalue weighted by molar-refractivity contribution is 5.93. The van der Waals surface area contributed by atoms with Crippen LogP contribution in [0.15, 0.2) is 12.3 Å². The summed E-state index contributed by atoms with van der Waals surface area (Å²) in [5.41, 5.74) is -0.165. The van der Waals surface area contributed by atoms with Gasteiger partial charge in [0, 0.05) is 19.8 Å². The van der Waals surface area contributed by atoms with Crippen molar-refractivity contribution in [1.29, 1.82) is 0 Å². The Morgan fingerprint density at radius 1 is 1.65 bits per heavy atom. The van der Waals surface area contributed by atoms with Crippen LogP contribution in [-0.4, -0.2) is 35.8 Å². The molecule has 0 unspecified atom stereocenters. The maximum atomic E-state index is 12.8. The molecule has 1 aromatic heterocycles. The van der Waals surface area contributed by atoms with E-state index in [1.165, 1.54) is 0 Å². The Morgan fingerprint density at radius 2 is 2.41 bits per heavy atom. The number of ether oxygens (including phenoxy) is 1. The lowest BCUT2D eigenvalue weighted by Gasteiger charge is -2.08. The Balaban J connectivity index is 2.55. The highest BCUT2D eigenvalue weighted by atomic mass is 19.1. The molecule has 1 rings (SSSR count). The number of hydrogen-bond acceptors (Lipinski definition) is 4. The number of hydrogen-bond donors (Lipinski definition) is 2. The number of pyridine rings is 1. The molecule has 1 heterocycles. The van der Waals surface area contributed by atoms with Gasteiger partial charge in [0.15, 0.2) is 0 Å². The fourth-order valence-electron chi connectivity index (χ4n) is 1.27. The molecule has 0 saturated heterocycles. The van der Waals surface area contributed by atoms with Crippen LogP contribution < -0.4 is 5.32 Å². The van der Waals surface area contributed by atoms with E-state index in [1.807, 2.05) is 6.92 Å². The second-order valence-corrected chi connectivity index (χ2v) is 3.33. The van der Waals surface area contributed by atoms with Crippen LogP contribution in [-0.2, 0) is 4.74 Å². The smallest absolute Gasteiger partial charge is 0.339 e. The van der Waals surface area contributed by atoms with Crippen LogP contribution in [0.4, 0.5) is 10.2 Å². The van der Waals surface area contributed by atoms with Crippen molar-refractivity contribution in [3.8, 4) is 0 Å². The third-order valence-corrected chi connectivity index (χ3v) is 2.05. The first-order valence-corrected chi connectivity index (χ1v) is 5.35. The third kappa shape index (κ3) is 4.36. The molecule has 0 amide bonds. The molecule has 0 fully saturated rings. The van der Waals surface area contributed by atoms with E-state index in [-0.39, 0.29) is 11.4 Å². The fourth-order valence-corrected chi connectivity index (χ4v) is 1.27. The minimum Gasteiger partial charge on any atom is -0.478 e. The third-order valence-electron chi connectivity index (χ3n) is 2.05. The Morgan fingerprint density at radius 3 is 3.06 bits per heavy atom. The first-order chi connectivity index (χ1) is 8.15. The number of rotatable bonds is 7. The average Bonchev–Trinajstić information content (AvgIpc) is 2.30. The Kier molecular flexibility index (Phi) is 5.35. The summed E-state index contributed by atoms with van der Waals surface area (Å²) < 4.78 is 18.0. The highest BCUT2D eigenvalue weighted by Crippen LogP contribution is 2.13. The Bertz CT molecular complexity index is 385. The molecule has 0 aliphatic heterocycles. The zero-order chi connectivity index (χ0) is 12.7. The zero-order valence-electron chi connectivity index (χ0n) is 9.57. The quantitative estimate of drug-likeness (QED) is 0.713. The van der Waals surface area contributed by atoms with E-state index in [0.717, 1.165) is 18.7 Å². The van der Waals surface area contributed by atoms with Gasteiger partial charge in [0.25, 0.3) is 0 Å². The number of nitrogens with zero attached hydrogens (tertiary/aromatic N) is 1. The van der Waals surface area contributed by atoms with E-state index in [9.17, 15) is 9.18 Å². The van der Waals surface area contributed by atoms with E-state index in [4.69, 9.17) is 9.84 Å². The van der Waals surface area contributed by atoms with Crippen molar-refractivity contribution in [2.45, 2.75) is 13.3 Å². The van der Waals surface area contributed by atoms with Crippen molar-refractivity contribution in [1.82, 2.24) is 4.98 Å². The minimum atomic E-state index is -1.20. The van der Waals surface area contributed by atoms with Crippen LogP contribution in [0.25, 0.3) is 0 Å². The monoisotopic (exact) mass is 242 g/mol. The van der Waals surface area contributed by atoms with Crippen molar-refractivity contribution < 1.29 is 19.0 Å². The predicted molar refractivity (Wildman–Crippen MR) is 60.8 cm³/mol. The van der Waals surface area contributed by atoms with E-state index in [2.05, 4.69) is 10.3 Å². The second kappa shape index (κ2) is 6.80. The van der Waals surface area contributed by atoms with Crippen LogP contribution in [0.5, 0.6) is 0 Å². The predicted octanol–water partition coefficient (Wildman–Crippen LogP) is 1.76. The molecule has 0 bridgehead atoms. The first kappa shape index (κ1) is 13.4. The fraction of sp³-hybridized carbons (Fsp3) is 0.455. The molecule has 5 nitrogen and oxygen atoms in total. The largest absolute Gasteiger partial charge is 0.478 e. The molecule has 0 saturated carbocycles. The minimum absolute atomic E-state index is 0.165. The van der Waals surface area contributed by atoms with Gasteiger partial charge >= 0.3 is 5.97 Å². The molecule has 0 spiro atoms. The molecule has 1 aromatic rings. The number of carboxylic acids is 1. The SMILES string of the molecule is CCOCCCNc1ncc(F)cc1C(=O)O. The summed E-state index contributed by atoms with van der Waals surface area (Å²) in [6.07, 6.45) is 1.71. The first-order valence-electron chi connectivity index (χ1n) is 5.35. The Labute approximate surface area is 98.6 Å². The molecule has 0 aliphatic carbocycles. The van der Waals surface area contributed by atoms with Crippen molar-refractivity contribution in [2.24, 2.45) is 0 Å². The van der Waals surface area contributed by atoms with Gasteiger partial charge in [-0.25, -0.2) is 14.2 Å². The summed E-state index contributed by atoms with van der Waals surface area (Å²) in [4.78, 5) is 14.5. The molecule has 2 N–H and O–H groups in total. The maximum absolute atomic E-state index is 12.8. The number of nitrogens with one attached hydrogen (secondary N) is 1. The number of halogens is 1. The van der Waals surface area contributed by atoms with Crippen molar-refractivity contribution in [2.75, 3.05) is 25.1 Å². The van der Waals surface area contributed by atoms with Gasteiger partial charge in [-0.3, -0.25) is 0 Å². The standard InChI is InChI=1S/C11H15FN2O3/c1-2-17-5-3-4-13-10-9(11(15)16)6-8(12)7-14-10/h6-7H,2-5H2,1H3,(H,13,14)(H,15,16). The van der Waals surface area contributed by atoms with Crippen LogP contribution >= 0.6 is 0 Å². The molecule has 0 radical (unpaired) electrons. The van der Waals surface area contributed by atoms with Gasteiger partial charge in [0.2, 0.25) is 0 Å². The normalized spacial score (nSPS) is 10.2. The van der Waals surface area contributed by atoms with Crippen LogP contribution in [0.2, 0.25) is 0 Å². The van der Waals surface area contributed by atoms with Crippen LogP contribution in [0.3, 0.4) is 0 Å². The van der Waals surface area contributed by atoms with Crippen molar-refractivity contribution >= 4 is 11.8 Å². The van der Waals surface area contributed by atoms with Gasteiger partial charge in [-0.1, -0.05) is 0 Å². The van der Waals surface area contributed by atoms with Gasteiger partial charge in [0.1, 0.15) is 17.2 Å². The number of carbonyl (C=O) groups is 1. The summed E-state index contributed by atoms with van der Waals surface area (Å²) in [6, 6.07) is 0.945. The average molecular weight is 242 g/mol. The lowest BCUT2D eigenvalue weighted by molar-refractivity contribution is 0.0697. The maximum Gasteiger partial charge on any atom is 0.339 e. The molecule has 0 atom stereocenters. The molecule has 17 heavy (non-hydrogen) atoms. The van der Waals surface area contributed by atoms with E-state index in [0.29, 0.717) is 19.8 Å². The summed E-state index contributed by atoms with van der Waals surface area (Å²) in [5, 5.41) is 11.7. The molecule has 6 heteroatoms. The molecular formula is C11H15FN2O3. The second-order valence-electron chi connectivity index (χ2n) is 3.33. The number of aromatic carboxylic acids is 1.